The molecule has 0 saturated carbocycles. The van der Waals surface area contributed by atoms with E-state index in [1.54, 1.807) is 20.2 Å². The first-order chi connectivity index (χ1) is 15.8. The monoisotopic (exact) mass is 448 g/mol. The first-order valence-electron chi connectivity index (χ1n) is 10.5. The van der Waals surface area contributed by atoms with Crippen molar-refractivity contribution >= 4 is 23.8 Å². The van der Waals surface area contributed by atoms with Gasteiger partial charge in [-0.15, -0.1) is 0 Å². The Bertz CT molecular complexity index is 1170. The number of amides is 2. The molecular formula is C24H24N4O5. The van der Waals surface area contributed by atoms with E-state index in [0.717, 1.165) is 22.3 Å². The van der Waals surface area contributed by atoms with Crippen molar-refractivity contribution in [3.8, 4) is 11.1 Å². The van der Waals surface area contributed by atoms with Gasteiger partial charge in [0.1, 0.15) is 12.6 Å². The van der Waals surface area contributed by atoms with Crippen LogP contribution in [0.2, 0.25) is 0 Å². The second-order valence-electron chi connectivity index (χ2n) is 7.94. The van der Waals surface area contributed by atoms with Gasteiger partial charge in [0, 0.05) is 24.7 Å². The summed E-state index contributed by atoms with van der Waals surface area (Å²) in [6.45, 7) is 1.81. The molecule has 1 aliphatic rings. The summed E-state index contributed by atoms with van der Waals surface area (Å²) in [6.07, 6.45) is 0.249. The number of nitrogens with one attached hydrogen (secondary N) is 2. The van der Waals surface area contributed by atoms with Crippen molar-refractivity contribution in [3.63, 3.8) is 0 Å². The molecule has 9 nitrogen and oxygen atoms in total. The van der Waals surface area contributed by atoms with Crippen molar-refractivity contribution in [2.45, 2.75) is 25.3 Å². The topological polar surface area (TPSA) is 123 Å². The Kier molecular flexibility index (Phi) is 6.12. The SMILES string of the molecule is Cc1cn(C)nc1NC(=O)C(CC(=O)O)NC(=O)OCC1c2ccccc2-c2ccccc21. The number of carbonyl (C=O) groups excluding carboxylic acids is 2. The molecule has 1 atom stereocenters. The molecular weight excluding hydrogens is 424 g/mol. The number of carboxylic acids is 1. The number of fused-ring (bicyclic) bond motifs is 3. The molecule has 0 bridgehead atoms. The number of rotatable bonds is 7. The van der Waals surface area contributed by atoms with Crippen LogP contribution in [0.25, 0.3) is 11.1 Å². The van der Waals surface area contributed by atoms with Gasteiger partial charge in [0.2, 0.25) is 5.91 Å². The number of hydrogen-bond donors (Lipinski definition) is 3. The first-order valence-corrected chi connectivity index (χ1v) is 10.5. The predicted octanol–water partition coefficient (Wildman–Crippen LogP) is 3.05. The van der Waals surface area contributed by atoms with Gasteiger partial charge in [-0.3, -0.25) is 14.3 Å². The summed E-state index contributed by atoms with van der Waals surface area (Å²) in [5, 5.41) is 18.3. The van der Waals surface area contributed by atoms with Crippen molar-refractivity contribution < 1.29 is 24.2 Å². The summed E-state index contributed by atoms with van der Waals surface area (Å²) in [4.78, 5) is 36.4. The zero-order valence-corrected chi connectivity index (χ0v) is 18.2. The quantitative estimate of drug-likeness (QED) is 0.511. The van der Waals surface area contributed by atoms with Crippen molar-refractivity contribution in [2.24, 2.45) is 7.05 Å². The van der Waals surface area contributed by atoms with Crippen LogP contribution in [0.1, 0.15) is 29.0 Å². The van der Waals surface area contributed by atoms with Gasteiger partial charge in [-0.05, 0) is 29.2 Å². The van der Waals surface area contributed by atoms with Crippen molar-refractivity contribution in [3.05, 3.63) is 71.4 Å². The van der Waals surface area contributed by atoms with Crippen LogP contribution in [0.3, 0.4) is 0 Å². The summed E-state index contributed by atoms with van der Waals surface area (Å²) in [5.41, 5.74) is 5.00. The largest absolute Gasteiger partial charge is 0.481 e. The van der Waals surface area contributed by atoms with E-state index in [4.69, 9.17) is 4.74 Å². The minimum Gasteiger partial charge on any atom is -0.481 e. The van der Waals surface area contributed by atoms with E-state index in [9.17, 15) is 19.5 Å². The highest BCUT2D eigenvalue weighted by molar-refractivity contribution is 5.98. The maximum absolute atomic E-state index is 12.6. The standard InChI is InChI=1S/C24H24N4O5/c1-14-12-28(2)27-22(14)26-23(31)20(11-21(29)30)25-24(32)33-13-19-17-9-5-3-7-15(17)16-8-4-6-10-18(16)19/h3-10,12,19-20H,11,13H2,1-2H3,(H,25,32)(H,29,30)(H,26,27,31). The van der Waals surface area contributed by atoms with Gasteiger partial charge in [-0.25, -0.2) is 4.79 Å². The lowest BCUT2D eigenvalue weighted by Crippen LogP contribution is -2.45. The van der Waals surface area contributed by atoms with Gasteiger partial charge in [-0.1, -0.05) is 48.5 Å². The Morgan fingerprint density at radius 3 is 2.24 bits per heavy atom. The van der Waals surface area contributed by atoms with Crippen LogP contribution >= 0.6 is 0 Å². The number of carbonyl (C=O) groups is 3. The Morgan fingerprint density at radius 1 is 1.09 bits per heavy atom. The maximum Gasteiger partial charge on any atom is 0.407 e. The molecule has 0 spiro atoms. The Balaban J connectivity index is 1.43. The lowest BCUT2D eigenvalue weighted by atomic mass is 9.98. The van der Waals surface area contributed by atoms with Crippen LogP contribution < -0.4 is 10.6 Å². The summed E-state index contributed by atoms with van der Waals surface area (Å²) in [6, 6.07) is 14.5. The van der Waals surface area contributed by atoms with Crippen LogP contribution in [0, 0.1) is 6.92 Å². The molecule has 0 aliphatic heterocycles. The molecule has 1 aliphatic carbocycles. The number of ether oxygens (including phenoxy) is 1. The third-order valence-corrected chi connectivity index (χ3v) is 5.58. The third kappa shape index (κ3) is 4.72. The summed E-state index contributed by atoms with van der Waals surface area (Å²) in [7, 11) is 1.70. The Labute approximate surface area is 190 Å². The molecule has 1 unspecified atom stereocenters. The van der Waals surface area contributed by atoms with Crippen molar-refractivity contribution in [1.82, 2.24) is 15.1 Å². The molecule has 33 heavy (non-hydrogen) atoms. The van der Waals surface area contributed by atoms with Crippen molar-refractivity contribution in [2.75, 3.05) is 11.9 Å². The van der Waals surface area contributed by atoms with Gasteiger partial charge in [0.15, 0.2) is 5.82 Å². The fourth-order valence-electron chi connectivity index (χ4n) is 4.10. The van der Waals surface area contributed by atoms with E-state index >= 15 is 0 Å². The molecule has 0 radical (unpaired) electrons. The molecule has 1 aromatic heterocycles. The fourth-order valence-corrected chi connectivity index (χ4v) is 4.10. The molecule has 2 aromatic carbocycles. The number of nitrogens with zero attached hydrogens (tertiary/aromatic N) is 2. The number of carboxylic acid groups (broad SMARTS) is 1. The van der Waals surface area contributed by atoms with Gasteiger partial charge in [0.25, 0.3) is 0 Å². The minimum absolute atomic E-state index is 0.0562. The number of aliphatic carboxylic acids is 1. The second kappa shape index (κ2) is 9.15. The van der Waals surface area contributed by atoms with Gasteiger partial charge < -0.3 is 20.5 Å². The predicted molar refractivity (Wildman–Crippen MR) is 121 cm³/mol. The average molecular weight is 448 g/mol. The number of benzene rings is 2. The normalized spacial score (nSPS) is 13.0. The molecule has 0 fully saturated rings. The first kappa shape index (κ1) is 22.1. The van der Waals surface area contributed by atoms with Gasteiger partial charge in [0.05, 0.1) is 6.42 Å². The van der Waals surface area contributed by atoms with Crippen LogP contribution in [0.4, 0.5) is 10.6 Å². The molecule has 3 aromatic rings. The molecule has 3 N–H and O–H groups in total. The van der Waals surface area contributed by atoms with Crippen LogP contribution in [-0.4, -0.2) is 45.5 Å². The van der Waals surface area contributed by atoms with Crippen LogP contribution in [0.5, 0.6) is 0 Å². The Morgan fingerprint density at radius 2 is 1.70 bits per heavy atom. The molecule has 1 heterocycles. The Hall–Kier alpha value is -4.14. The highest BCUT2D eigenvalue weighted by Gasteiger charge is 2.30. The minimum atomic E-state index is -1.32. The van der Waals surface area contributed by atoms with E-state index in [-0.39, 0.29) is 12.5 Å². The fraction of sp³-hybridized carbons (Fsp3) is 0.250. The zero-order valence-electron chi connectivity index (χ0n) is 18.2. The summed E-state index contributed by atoms with van der Waals surface area (Å²) < 4.78 is 6.96. The zero-order chi connectivity index (χ0) is 23.5. The van der Waals surface area contributed by atoms with E-state index in [2.05, 4.69) is 15.7 Å². The second-order valence-corrected chi connectivity index (χ2v) is 7.94. The number of anilines is 1. The number of alkyl carbamates (subject to hydrolysis) is 1. The van der Waals surface area contributed by atoms with E-state index in [0.29, 0.717) is 11.4 Å². The van der Waals surface area contributed by atoms with Crippen LogP contribution in [-0.2, 0) is 21.4 Å². The van der Waals surface area contributed by atoms with E-state index < -0.39 is 30.4 Å². The van der Waals surface area contributed by atoms with Crippen molar-refractivity contribution in [1.29, 1.82) is 0 Å². The molecule has 0 saturated heterocycles. The number of aromatic nitrogens is 2. The van der Waals surface area contributed by atoms with E-state index in [1.165, 1.54) is 4.68 Å². The number of hydrogen-bond acceptors (Lipinski definition) is 5. The maximum atomic E-state index is 12.6. The summed E-state index contributed by atoms with van der Waals surface area (Å²) in [5.74, 6) is -1.77. The molecule has 2 amide bonds. The van der Waals surface area contributed by atoms with E-state index in [1.807, 2.05) is 48.5 Å². The highest BCUT2D eigenvalue weighted by atomic mass is 16.5. The smallest absolute Gasteiger partial charge is 0.407 e. The van der Waals surface area contributed by atoms with Gasteiger partial charge >= 0.3 is 12.1 Å². The molecule has 170 valence electrons. The summed E-state index contributed by atoms with van der Waals surface area (Å²) >= 11 is 0. The highest BCUT2D eigenvalue weighted by Crippen LogP contribution is 2.44. The lowest BCUT2D eigenvalue weighted by Gasteiger charge is -2.18. The molecule has 9 heteroatoms. The average Bonchev–Trinajstić information content (AvgIpc) is 3.27. The van der Waals surface area contributed by atoms with Gasteiger partial charge in [-0.2, -0.15) is 5.10 Å². The lowest BCUT2D eigenvalue weighted by molar-refractivity contribution is -0.139. The number of aryl methyl sites for hydroxylation is 2. The third-order valence-electron chi connectivity index (χ3n) is 5.58. The van der Waals surface area contributed by atoms with Crippen LogP contribution in [0.15, 0.2) is 54.7 Å². The molecule has 4 rings (SSSR count).